The Labute approximate surface area is 351 Å². The summed E-state index contributed by atoms with van der Waals surface area (Å²) in [4.78, 5) is 32.8. The number of tetrazole rings is 1. The fourth-order valence-electron chi connectivity index (χ4n) is 8.31. The summed E-state index contributed by atoms with van der Waals surface area (Å²) in [5, 5.41) is 17.7. The summed E-state index contributed by atoms with van der Waals surface area (Å²) < 4.78 is 2.22. The minimum atomic E-state index is -0.880. The second kappa shape index (κ2) is 17.5. The number of aryl methyl sites for hydroxylation is 2. The molecule has 60 heavy (non-hydrogen) atoms. The molecule has 1 atom stereocenters. The lowest BCUT2D eigenvalue weighted by molar-refractivity contribution is -0.120. The summed E-state index contributed by atoms with van der Waals surface area (Å²) >= 11 is 0. The average molecular weight is 792 g/mol. The number of hydrogen-bond acceptors (Lipinski definition) is 6. The minimum absolute atomic E-state index is 0.0313. The van der Waals surface area contributed by atoms with Gasteiger partial charge in [-0.25, -0.2) is 4.98 Å². The van der Waals surface area contributed by atoms with Crippen LogP contribution in [0.15, 0.2) is 152 Å². The van der Waals surface area contributed by atoms with E-state index in [2.05, 4.69) is 83.5 Å². The molecule has 8 rings (SSSR count). The van der Waals surface area contributed by atoms with E-state index in [1.807, 2.05) is 106 Å². The topological polar surface area (TPSA) is 108 Å². The largest absolute Gasteiger partial charge is 0.342 e. The van der Waals surface area contributed by atoms with E-state index in [4.69, 9.17) is 20.4 Å². The summed E-state index contributed by atoms with van der Waals surface area (Å²) in [5.74, 6) is 1.28. The number of ketones is 1. The first-order valence-corrected chi connectivity index (χ1v) is 20.8. The zero-order chi connectivity index (χ0) is 41.6. The highest BCUT2D eigenvalue weighted by atomic mass is 16.2. The molecule has 0 saturated carbocycles. The molecule has 8 aromatic rings. The molecule has 9 heteroatoms. The number of benzene rings is 6. The van der Waals surface area contributed by atoms with Crippen molar-refractivity contribution in [1.82, 2.24) is 35.1 Å². The fourth-order valence-corrected chi connectivity index (χ4v) is 8.31. The maximum atomic E-state index is 13.5. The number of imidazole rings is 1. The van der Waals surface area contributed by atoms with Crippen LogP contribution >= 0.6 is 0 Å². The van der Waals surface area contributed by atoms with Crippen molar-refractivity contribution in [3.63, 3.8) is 0 Å². The average Bonchev–Trinajstić information content (AvgIpc) is 3.93. The Hall–Kier alpha value is -7.00. The van der Waals surface area contributed by atoms with E-state index in [0.717, 1.165) is 74.2 Å². The lowest BCUT2D eigenvalue weighted by Crippen LogP contribution is -2.40. The Morgan fingerprint density at radius 1 is 0.717 bits per heavy atom. The second-order valence-electron chi connectivity index (χ2n) is 15.2. The predicted molar refractivity (Wildman–Crippen MR) is 238 cm³/mol. The van der Waals surface area contributed by atoms with Gasteiger partial charge >= 0.3 is 0 Å². The lowest BCUT2D eigenvalue weighted by atomic mass is 9.77. The molecule has 0 aliphatic rings. The molecule has 300 valence electrons. The van der Waals surface area contributed by atoms with Crippen molar-refractivity contribution >= 4 is 22.7 Å². The first kappa shape index (κ1) is 39.8. The Morgan fingerprint density at radius 2 is 1.30 bits per heavy atom. The highest BCUT2D eigenvalue weighted by molar-refractivity contribution is 6.01. The molecule has 9 nitrogen and oxygen atoms in total. The molecule has 2 heterocycles. The zero-order valence-electron chi connectivity index (χ0n) is 34.5. The van der Waals surface area contributed by atoms with Crippen LogP contribution in [0.2, 0.25) is 0 Å². The molecule has 2 aromatic heterocycles. The number of fused-ring (bicyclic) bond motifs is 1. The van der Waals surface area contributed by atoms with Crippen LogP contribution in [0.5, 0.6) is 0 Å². The first-order chi connectivity index (χ1) is 29.3. The molecule has 0 saturated heterocycles. The smallest absolute Gasteiger partial charge is 0.251 e. The number of amides is 1. The molecule has 1 unspecified atom stereocenters. The van der Waals surface area contributed by atoms with Gasteiger partial charge in [-0.3, -0.25) is 9.59 Å². The van der Waals surface area contributed by atoms with Crippen molar-refractivity contribution in [1.29, 1.82) is 0 Å². The van der Waals surface area contributed by atoms with E-state index >= 15 is 0 Å². The van der Waals surface area contributed by atoms with E-state index in [1.165, 1.54) is 0 Å². The number of aromatic nitrogens is 6. The molecule has 6 aromatic carbocycles. The molecule has 1 amide bonds. The number of nitrogens with zero attached hydrogens (tertiary/aromatic N) is 6. The molecule has 0 radical (unpaired) electrons. The van der Waals surface area contributed by atoms with Crippen molar-refractivity contribution < 1.29 is 9.59 Å². The van der Waals surface area contributed by atoms with Crippen molar-refractivity contribution in [2.75, 3.05) is 0 Å². The quantitative estimate of drug-likeness (QED) is 0.104. The van der Waals surface area contributed by atoms with Crippen LogP contribution in [0.4, 0.5) is 0 Å². The Bertz CT molecular complexity index is 2640. The molecule has 0 spiro atoms. The molecular weight excluding hydrogens is 743 g/mol. The zero-order valence-corrected chi connectivity index (χ0v) is 34.5. The molecule has 0 aliphatic carbocycles. The van der Waals surface area contributed by atoms with Gasteiger partial charge < -0.3 is 9.88 Å². The molecule has 0 aliphatic heterocycles. The number of Topliss-reactive ketones (excluding diaryl/α,β-unsaturated/α-hetero) is 1. The van der Waals surface area contributed by atoms with E-state index in [1.54, 1.807) is 4.80 Å². The van der Waals surface area contributed by atoms with E-state index < -0.39 is 11.6 Å². The van der Waals surface area contributed by atoms with Gasteiger partial charge in [0.25, 0.3) is 5.91 Å². The van der Waals surface area contributed by atoms with Gasteiger partial charge in [0.1, 0.15) is 5.82 Å². The van der Waals surface area contributed by atoms with E-state index in [9.17, 15) is 9.59 Å². The summed E-state index contributed by atoms with van der Waals surface area (Å²) in [7, 11) is 0. The van der Waals surface area contributed by atoms with Gasteiger partial charge in [0.05, 0.1) is 17.1 Å². The Kier molecular flexibility index (Phi) is 11.6. The van der Waals surface area contributed by atoms with E-state index in [0.29, 0.717) is 30.8 Å². The normalized spacial score (nSPS) is 12.1. The van der Waals surface area contributed by atoms with Crippen LogP contribution < -0.4 is 5.32 Å². The third-order valence-corrected chi connectivity index (χ3v) is 11.4. The van der Waals surface area contributed by atoms with Crippen molar-refractivity contribution in [3.8, 4) is 22.5 Å². The van der Waals surface area contributed by atoms with Crippen molar-refractivity contribution in [2.45, 2.75) is 71.5 Å². The van der Waals surface area contributed by atoms with Gasteiger partial charge in [0, 0.05) is 30.5 Å². The number of carbonyl (C=O) groups excluding carboxylic acids is 2. The number of nitrogens with one attached hydrogen (secondary N) is 1. The second-order valence-corrected chi connectivity index (χ2v) is 15.2. The molecule has 1 N–H and O–H groups in total. The van der Waals surface area contributed by atoms with Gasteiger partial charge in [0.2, 0.25) is 5.82 Å². The van der Waals surface area contributed by atoms with E-state index in [-0.39, 0.29) is 11.7 Å². The van der Waals surface area contributed by atoms with Gasteiger partial charge in [-0.15, -0.1) is 15.0 Å². The predicted octanol–water partition coefficient (Wildman–Crippen LogP) is 9.99. The van der Waals surface area contributed by atoms with Crippen LogP contribution in [0.1, 0.15) is 84.0 Å². The van der Waals surface area contributed by atoms with Crippen molar-refractivity contribution in [3.05, 3.63) is 191 Å². The fraction of sp³-hybridized carbons (Fsp3) is 0.216. The van der Waals surface area contributed by atoms with Gasteiger partial charge in [0.15, 0.2) is 11.3 Å². The SMILES string of the molecule is CCCc1nc2c(C)cc(C(=O)NC(CC)C(=O)CC)cc2n1Cc1ccc(-c2ccccc2-c2nnn(C(c3ccccc3)(c3ccccc3)c3ccccc3)n2)cc1. The maximum Gasteiger partial charge on any atom is 0.251 e. The standard InChI is InChI=1S/C51H49N7O2/c1-5-19-47-53-48-35(4)32-38(50(60)52-44(6-2)46(59)7-3)33-45(48)57(47)34-36-28-30-37(31-29-36)42-26-17-18-27-43(42)49-54-56-58(55-49)51(39-20-11-8-12-21-39,40-22-13-9-14-23-40)41-24-15-10-16-25-41/h8-18,20-33,44H,5-7,19,34H2,1-4H3,(H,52,60). The van der Waals surface area contributed by atoms with Crippen LogP contribution in [-0.4, -0.2) is 47.5 Å². The number of rotatable bonds is 15. The van der Waals surface area contributed by atoms with Crippen LogP contribution in [0, 0.1) is 6.92 Å². The summed E-state index contributed by atoms with van der Waals surface area (Å²) in [6, 6.07) is 51.1. The number of carbonyl (C=O) groups is 2. The maximum absolute atomic E-state index is 13.5. The van der Waals surface area contributed by atoms with Gasteiger partial charge in [-0.1, -0.05) is 160 Å². The lowest BCUT2D eigenvalue weighted by Gasteiger charge is -2.34. The van der Waals surface area contributed by atoms with Crippen molar-refractivity contribution in [2.24, 2.45) is 0 Å². The first-order valence-electron chi connectivity index (χ1n) is 20.8. The van der Waals surface area contributed by atoms with Gasteiger partial charge in [-0.2, -0.15) is 0 Å². The number of hydrogen-bond donors (Lipinski definition) is 1. The third kappa shape index (κ3) is 7.54. The third-order valence-electron chi connectivity index (χ3n) is 11.4. The van der Waals surface area contributed by atoms with Crippen LogP contribution in [0.25, 0.3) is 33.5 Å². The Morgan fingerprint density at radius 3 is 1.87 bits per heavy atom. The summed E-state index contributed by atoms with van der Waals surface area (Å²) in [5.41, 5.74) is 9.40. The molecule has 0 bridgehead atoms. The van der Waals surface area contributed by atoms with Crippen LogP contribution in [0.3, 0.4) is 0 Å². The summed E-state index contributed by atoms with van der Waals surface area (Å²) in [6.07, 6.45) is 2.67. The minimum Gasteiger partial charge on any atom is -0.342 e. The highest BCUT2D eigenvalue weighted by Crippen LogP contribution is 2.40. The highest BCUT2D eigenvalue weighted by Gasteiger charge is 2.41. The van der Waals surface area contributed by atoms with Crippen LogP contribution in [-0.2, 0) is 23.3 Å². The molecule has 0 fully saturated rings. The summed E-state index contributed by atoms with van der Waals surface area (Å²) in [6.45, 7) is 8.47. The Balaban J connectivity index is 1.14. The molecular formula is C51H49N7O2. The monoisotopic (exact) mass is 791 g/mol. The van der Waals surface area contributed by atoms with Gasteiger partial charge in [-0.05, 0) is 76.1 Å².